The summed E-state index contributed by atoms with van der Waals surface area (Å²) in [5, 5.41) is 17.0. The first-order chi connectivity index (χ1) is 17.9. The number of hydrogen-bond acceptors (Lipinski definition) is 9. The highest BCUT2D eigenvalue weighted by atomic mass is 32.2. The molecule has 38 heavy (non-hydrogen) atoms. The number of primary amides is 1. The van der Waals surface area contributed by atoms with E-state index in [0.717, 1.165) is 0 Å². The molecule has 15 nitrogen and oxygen atoms in total. The number of nitrogens with zero attached hydrogens (tertiary/aromatic N) is 1. The summed E-state index contributed by atoms with van der Waals surface area (Å²) in [6.45, 7) is 0.567. The fourth-order valence-corrected chi connectivity index (χ4v) is 3.77. The number of nitrogens with one attached hydrogen (secondary N) is 3. The number of unbranched alkanes of at least 4 members (excludes halogenated alkanes) is 1. The highest BCUT2D eigenvalue weighted by Crippen LogP contribution is 2.07. The summed E-state index contributed by atoms with van der Waals surface area (Å²) in [6.07, 6.45) is 3.51. The Labute approximate surface area is 226 Å². The van der Waals surface area contributed by atoms with Gasteiger partial charge < -0.3 is 49.7 Å². The number of carbonyl (C=O) groups is 5. The summed E-state index contributed by atoms with van der Waals surface area (Å²) >= 11 is 1.53. The predicted molar refractivity (Wildman–Crippen MR) is 146 cm³/mol. The molecule has 0 aromatic carbocycles. The molecule has 0 bridgehead atoms. The average molecular weight is 562 g/mol. The minimum absolute atomic E-state index is 0.116. The number of guanidine groups is 1. The van der Waals surface area contributed by atoms with Gasteiger partial charge >= 0.3 is 5.97 Å². The Morgan fingerprint density at radius 3 is 1.87 bits per heavy atom. The van der Waals surface area contributed by atoms with Crippen LogP contribution in [-0.4, -0.2) is 89.9 Å². The number of aliphatic carboxylic acids is 1. The smallest absolute Gasteiger partial charge is 0.326 e. The van der Waals surface area contributed by atoms with Crippen LogP contribution in [0.5, 0.6) is 0 Å². The standard InChI is InChI=1S/C22H43N9O6S/c1-38-12-9-13(24)18(33)29-15(6-4-11-28-22(26)27)19(34)30-14(5-2-3-10-23)20(35)31-16(21(36)37)7-8-17(25)32/h13-16H,2-12,23-24H2,1H3,(H2,25,32)(H,29,33)(H,30,34)(H,31,35)(H,36,37)(H4,26,27,28). The third-order valence-corrected chi connectivity index (χ3v) is 6.07. The molecule has 4 atom stereocenters. The summed E-state index contributed by atoms with van der Waals surface area (Å²) in [5.41, 5.74) is 27.2. The number of carbonyl (C=O) groups excluding carboxylic acids is 4. The number of rotatable bonds is 21. The number of hydrogen-bond donors (Lipinski definition) is 9. The van der Waals surface area contributed by atoms with E-state index in [2.05, 4.69) is 20.9 Å². The molecule has 0 radical (unpaired) electrons. The van der Waals surface area contributed by atoms with Gasteiger partial charge in [-0.25, -0.2) is 4.79 Å². The van der Waals surface area contributed by atoms with Crippen molar-refractivity contribution >= 4 is 47.3 Å². The molecule has 0 fully saturated rings. The minimum Gasteiger partial charge on any atom is -0.480 e. The van der Waals surface area contributed by atoms with Crippen LogP contribution in [0.1, 0.15) is 51.4 Å². The summed E-state index contributed by atoms with van der Waals surface area (Å²) in [4.78, 5) is 65.2. The molecule has 0 saturated carbocycles. The van der Waals surface area contributed by atoms with E-state index < -0.39 is 53.8 Å². The maximum absolute atomic E-state index is 13.2. The molecule has 0 aliphatic rings. The van der Waals surface area contributed by atoms with Gasteiger partial charge in [-0.1, -0.05) is 0 Å². The second-order valence-corrected chi connectivity index (χ2v) is 9.63. The highest BCUT2D eigenvalue weighted by molar-refractivity contribution is 7.98. The average Bonchev–Trinajstić information content (AvgIpc) is 2.85. The Hall–Kier alpha value is -3.11. The van der Waals surface area contributed by atoms with Gasteiger partial charge in [-0.2, -0.15) is 11.8 Å². The molecule has 4 unspecified atom stereocenters. The molecule has 0 spiro atoms. The second kappa shape index (κ2) is 19.9. The molecule has 0 saturated heterocycles. The van der Waals surface area contributed by atoms with E-state index in [1.165, 1.54) is 11.8 Å². The van der Waals surface area contributed by atoms with Gasteiger partial charge in [-0.05, 0) is 63.5 Å². The monoisotopic (exact) mass is 561 g/mol. The Kier molecular flexibility index (Phi) is 18.3. The van der Waals surface area contributed by atoms with Gasteiger partial charge in [0.25, 0.3) is 0 Å². The molecule has 218 valence electrons. The zero-order valence-electron chi connectivity index (χ0n) is 21.8. The molecule has 0 aromatic heterocycles. The van der Waals surface area contributed by atoms with E-state index in [4.69, 9.17) is 28.7 Å². The molecular weight excluding hydrogens is 518 g/mol. The number of thioether (sulfide) groups is 1. The van der Waals surface area contributed by atoms with Gasteiger partial charge in [0.05, 0.1) is 6.04 Å². The molecular formula is C22H43N9O6S. The van der Waals surface area contributed by atoms with Crippen molar-refractivity contribution in [2.24, 2.45) is 33.7 Å². The SMILES string of the molecule is CSCCC(N)C(=O)NC(CCCN=C(N)N)C(=O)NC(CCCCN)C(=O)NC(CCC(N)=O)C(=O)O. The lowest BCUT2D eigenvalue weighted by Crippen LogP contribution is -2.57. The van der Waals surface area contributed by atoms with E-state index in [1.54, 1.807) is 0 Å². The van der Waals surface area contributed by atoms with Crippen molar-refractivity contribution < 1.29 is 29.1 Å². The van der Waals surface area contributed by atoms with Gasteiger partial charge in [0.2, 0.25) is 23.6 Å². The van der Waals surface area contributed by atoms with Crippen molar-refractivity contribution in [2.75, 3.05) is 25.1 Å². The van der Waals surface area contributed by atoms with Crippen molar-refractivity contribution in [3.05, 3.63) is 0 Å². The lowest BCUT2D eigenvalue weighted by atomic mass is 10.0. The summed E-state index contributed by atoms with van der Waals surface area (Å²) in [6, 6.07) is -4.38. The van der Waals surface area contributed by atoms with E-state index in [0.29, 0.717) is 38.0 Å². The van der Waals surface area contributed by atoms with E-state index in [9.17, 15) is 29.1 Å². The molecule has 0 heterocycles. The van der Waals surface area contributed by atoms with Crippen LogP contribution in [0, 0.1) is 0 Å². The van der Waals surface area contributed by atoms with Crippen molar-refractivity contribution in [1.82, 2.24) is 16.0 Å². The first-order valence-electron chi connectivity index (χ1n) is 12.3. The second-order valence-electron chi connectivity index (χ2n) is 8.65. The number of aliphatic imine (C=N–C) groups is 1. The van der Waals surface area contributed by atoms with Crippen LogP contribution >= 0.6 is 11.8 Å². The minimum atomic E-state index is -1.38. The maximum atomic E-state index is 13.2. The Morgan fingerprint density at radius 2 is 1.37 bits per heavy atom. The van der Waals surface area contributed by atoms with E-state index in [1.807, 2.05) is 6.26 Å². The van der Waals surface area contributed by atoms with Gasteiger partial charge in [0, 0.05) is 13.0 Å². The van der Waals surface area contributed by atoms with Crippen LogP contribution in [0.3, 0.4) is 0 Å². The molecule has 4 amide bonds. The highest BCUT2D eigenvalue weighted by Gasteiger charge is 2.30. The van der Waals surface area contributed by atoms with Crippen molar-refractivity contribution in [2.45, 2.75) is 75.5 Å². The van der Waals surface area contributed by atoms with Crippen LogP contribution in [0.25, 0.3) is 0 Å². The fourth-order valence-electron chi connectivity index (χ4n) is 3.28. The van der Waals surface area contributed by atoms with Crippen LogP contribution in [0.4, 0.5) is 0 Å². The van der Waals surface area contributed by atoms with Gasteiger partial charge in [-0.3, -0.25) is 24.2 Å². The Bertz CT molecular complexity index is 810. The molecule has 14 N–H and O–H groups in total. The van der Waals surface area contributed by atoms with Crippen molar-refractivity contribution in [3.8, 4) is 0 Å². The molecule has 0 aromatic rings. The summed E-state index contributed by atoms with van der Waals surface area (Å²) in [5.74, 6) is -3.46. The van der Waals surface area contributed by atoms with E-state index >= 15 is 0 Å². The van der Waals surface area contributed by atoms with Gasteiger partial charge in [0.15, 0.2) is 5.96 Å². The predicted octanol–water partition coefficient (Wildman–Crippen LogP) is -2.95. The number of carboxylic acid groups (broad SMARTS) is 1. The molecule has 0 aliphatic heterocycles. The topological polar surface area (TPSA) is 284 Å². The van der Waals surface area contributed by atoms with Crippen LogP contribution < -0.4 is 44.6 Å². The van der Waals surface area contributed by atoms with Crippen LogP contribution in [0.15, 0.2) is 4.99 Å². The van der Waals surface area contributed by atoms with Crippen molar-refractivity contribution in [3.63, 3.8) is 0 Å². The number of amides is 4. The Balaban J connectivity index is 5.61. The number of nitrogens with two attached hydrogens (primary N) is 5. The van der Waals surface area contributed by atoms with Crippen molar-refractivity contribution in [1.29, 1.82) is 0 Å². The van der Waals surface area contributed by atoms with Gasteiger partial charge in [0.1, 0.15) is 18.1 Å². The maximum Gasteiger partial charge on any atom is 0.326 e. The largest absolute Gasteiger partial charge is 0.480 e. The quantitative estimate of drug-likeness (QED) is 0.0388. The lowest BCUT2D eigenvalue weighted by molar-refractivity contribution is -0.142. The van der Waals surface area contributed by atoms with Crippen LogP contribution in [-0.2, 0) is 24.0 Å². The summed E-state index contributed by atoms with van der Waals surface area (Å²) in [7, 11) is 0. The zero-order valence-corrected chi connectivity index (χ0v) is 22.6. The number of carboxylic acids is 1. The van der Waals surface area contributed by atoms with E-state index in [-0.39, 0.29) is 38.2 Å². The molecule has 16 heteroatoms. The third-order valence-electron chi connectivity index (χ3n) is 5.42. The Morgan fingerprint density at radius 1 is 0.816 bits per heavy atom. The van der Waals surface area contributed by atoms with Gasteiger partial charge in [-0.15, -0.1) is 0 Å². The zero-order chi connectivity index (χ0) is 29.1. The first kappa shape index (κ1) is 34.9. The molecule has 0 rings (SSSR count). The fraction of sp³-hybridized carbons (Fsp3) is 0.727. The normalized spacial score (nSPS) is 13.9. The first-order valence-corrected chi connectivity index (χ1v) is 13.7. The third kappa shape index (κ3) is 15.9. The summed E-state index contributed by atoms with van der Waals surface area (Å²) < 4.78 is 0. The lowest BCUT2D eigenvalue weighted by Gasteiger charge is -2.25. The molecule has 0 aliphatic carbocycles. The van der Waals surface area contributed by atoms with Crippen LogP contribution in [0.2, 0.25) is 0 Å².